The predicted octanol–water partition coefficient (Wildman–Crippen LogP) is 2.94. The molecule has 3 nitrogen and oxygen atoms in total. The van der Waals surface area contributed by atoms with E-state index in [0.29, 0.717) is 6.10 Å². The van der Waals surface area contributed by atoms with E-state index >= 15 is 0 Å². The van der Waals surface area contributed by atoms with Crippen molar-refractivity contribution < 1.29 is 13.9 Å². The van der Waals surface area contributed by atoms with Gasteiger partial charge in [0.05, 0.1) is 6.10 Å². The van der Waals surface area contributed by atoms with Crippen LogP contribution in [0.4, 0.5) is 4.39 Å². The second-order valence-corrected chi connectivity index (χ2v) is 5.71. The molecule has 19 heavy (non-hydrogen) atoms. The van der Waals surface area contributed by atoms with E-state index in [1.807, 2.05) is 0 Å². The first kappa shape index (κ1) is 12.9. The van der Waals surface area contributed by atoms with Crippen LogP contribution in [0.1, 0.15) is 43.7 Å². The second-order valence-electron chi connectivity index (χ2n) is 5.71. The highest BCUT2D eigenvalue weighted by Crippen LogP contribution is 2.45. The number of methoxy groups -OCH3 is 1. The Labute approximate surface area is 112 Å². The maximum Gasteiger partial charge on any atom is 0.125 e. The fourth-order valence-corrected chi connectivity index (χ4v) is 3.35. The van der Waals surface area contributed by atoms with Crippen molar-refractivity contribution in [3.63, 3.8) is 0 Å². The van der Waals surface area contributed by atoms with Gasteiger partial charge in [-0.25, -0.2) is 4.39 Å². The third-order valence-corrected chi connectivity index (χ3v) is 4.47. The van der Waals surface area contributed by atoms with Gasteiger partial charge in [0.15, 0.2) is 0 Å². The summed E-state index contributed by atoms with van der Waals surface area (Å²) in [5.41, 5.74) is 6.82. The lowest BCUT2D eigenvalue weighted by Crippen LogP contribution is -2.46. The van der Waals surface area contributed by atoms with Crippen molar-refractivity contribution in [1.82, 2.24) is 0 Å². The standard InChI is InChI=1S/C15H20FNO2/c1-18-11-4-6-15(7-5-11)9-13(17)12-8-10(16)2-3-14(12)19-15/h2-3,8,11,13H,4-7,9,17H2,1H3/t11?,13-,15?/m1/s1. The number of hydrogen-bond donors (Lipinski definition) is 1. The Balaban J connectivity index is 1.83. The molecule has 4 heteroatoms. The van der Waals surface area contributed by atoms with Gasteiger partial charge in [-0.15, -0.1) is 0 Å². The number of fused-ring (bicyclic) bond motifs is 1. The predicted molar refractivity (Wildman–Crippen MR) is 70.6 cm³/mol. The van der Waals surface area contributed by atoms with Gasteiger partial charge in [0.2, 0.25) is 0 Å². The van der Waals surface area contributed by atoms with Crippen LogP contribution in [-0.2, 0) is 4.74 Å². The van der Waals surface area contributed by atoms with Gasteiger partial charge in [-0.2, -0.15) is 0 Å². The molecule has 1 heterocycles. The van der Waals surface area contributed by atoms with Crippen LogP contribution in [0.3, 0.4) is 0 Å². The average molecular weight is 265 g/mol. The van der Waals surface area contributed by atoms with Gasteiger partial charge in [0.1, 0.15) is 17.2 Å². The van der Waals surface area contributed by atoms with Crippen molar-refractivity contribution in [3.05, 3.63) is 29.6 Å². The lowest BCUT2D eigenvalue weighted by Gasteiger charge is -2.45. The number of rotatable bonds is 1. The normalized spacial score (nSPS) is 33.8. The van der Waals surface area contributed by atoms with Crippen molar-refractivity contribution in [1.29, 1.82) is 0 Å². The summed E-state index contributed by atoms with van der Waals surface area (Å²) in [5, 5.41) is 0. The molecule has 1 aliphatic heterocycles. The molecule has 1 aromatic carbocycles. The number of nitrogens with two attached hydrogens (primary N) is 1. The minimum atomic E-state index is -0.253. The van der Waals surface area contributed by atoms with Crippen LogP contribution < -0.4 is 10.5 Å². The Bertz CT molecular complexity index is 469. The smallest absolute Gasteiger partial charge is 0.125 e. The molecular formula is C15H20FNO2. The zero-order chi connectivity index (χ0) is 13.5. The van der Waals surface area contributed by atoms with Gasteiger partial charge < -0.3 is 15.2 Å². The van der Waals surface area contributed by atoms with E-state index in [0.717, 1.165) is 43.4 Å². The van der Waals surface area contributed by atoms with Gasteiger partial charge >= 0.3 is 0 Å². The first-order valence-electron chi connectivity index (χ1n) is 6.89. The Morgan fingerprint density at radius 2 is 2.11 bits per heavy atom. The highest BCUT2D eigenvalue weighted by atomic mass is 19.1. The van der Waals surface area contributed by atoms with Crippen LogP contribution in [0.15, 0.2) is 18.2 Å². The summed E-state index contributed by atoms with van der Waals surface area (Å²) in [6.07, 6.45) is 5.01. The Morgan fingerprint density at radius 1 is 1.37 bits per heavy atom. The van der Waals surface area contributed by atoms with Crippen LogP contribution in [0.2, 0.25) is 0 Å². The summed E-state index contributed by atoms with van der Waals surface area (Å²) in [4.78, 5) is 0. The first-order chi connectivity index (χ1) is 9.12. The molecule has 0 unspecified atom stereocenters. The molecule has 0 saturated heterocycles. The first-order valence-corrected chi connectivity index (χ1v) is 6.89. The molecule has 1 aliphatic carbocycles. The highest BCUT2D eigenvalue weighted by molar-refractivity contribution is 5.39. The zero-order valence-electron chi connectivity index (χ0n) is 11.2. The summed E-state index contributed by atoms with van der Waals surface area (Å²) in [5.74, 6) is 0.493. The topological polar surface area (TPSA) is 44.5 Å². The van der Waals surface area contributed by atoms with E-state index in [4.69, 9.17) is 15.2 Å². The zero-order valence-corrected chi connectivity index (χ0v) is 11.2. The lowest BCUT2D eigenvalue weighted by atomic mass is 9.76. The summed E-state index contributed by atoms with van der Waals surface area (Å²) in [6.45, 7) is 0. The van der Waals surface area contributed by atoms with E-state index in [-0.39, 0.29) is 17.5 Å². The van der Waals surface area contributed by atoms with Crippen LogP contribution >= 0.6 is 0 Å². The second kappa shape index (κ2) is 4.76. The summed E-state index contributed by atoms with van der Waals surface area (Å²) < 4.78 is 24.8. The largest absolute Gasteiger partial charge is 0.487 e. The maximum absolute atomic E-state index is 13.3. The van der Waals surface area contributed by atoms with Crippen molar-refractivity contribution in [3.8, 4) is 5.75 Å². The molecule has 1 fully saturated rings. The van der Waals surface area contributed by atoms with Gasteiger partial charge in [0, 0.05) is 25.1 Å². The number of benzene rings is 1. The minimum absolute atomic E-state index is 0.140. The van der Waals surface area contributed by atoms with Crippen LogP contribution in [0.25, 0.3) is 0 Å². The molecule has 0 bridgehead atoms. The average Bonchev–Trinajstić information content (AvgIpc) is 2.41. The van der Waals surface area contributed by atoms with Crippen LogP contribution in [0.5, 0.6) is 5.75 Å². The fraction of sp³-hybridized carbons (Fsp3) is 0.600. The van der Waals surface area contributed by atoms with Gasteiger partial charge in [0.25, 0.3) is 0 Å². The number of hydrogen-bond acceptors (Lipinski definition) is 3. The van der Waals surface area contributed by atoms with E-state index in [2.05, 4.69) is 0 Å². The minimum Gasteiger partial charge on any atom is -0.487 e. The van der Waals surface area contributed by atoms with Gasteiger partial charge in [-0.3, -0.25) is 0 Å². The Morgan fingerprint density at radius 3 is 2.79 bits per heavy atom. The van der Waals surface area contributed by atoms with Crippen molar-refractivity contribution >= 4 is 0 Å². The van der Waals surface area contributed by atoms with Crippen molar-refractivity contribution in [2.45, 2.75) is 49.9 Å². The molecule has 2 N–H and O–H groups in total. The fourth-order valence-electron chi connectivity index (χ4n) is 3.35. The van der Waals surface area contributed by atoms with E-state index in [1.165, 1.54) is 12.1 Å². The van der Waals surface area contributed by atoms with Crippen LogP contribution in [0, 0.1) is 5.82 Å². The van der Waals surface area contributed by atoms with Gasteiger partial charge in [-0.05, 0) is 43.9 Å². The molecule has 0 aromatic heterocycles. The van der Waals surface area contributed by atoms with Crippen molar-refractivity contribution in [2.75, 3.05) is 7.11 Å². The SMILES string of the molecule is COC1CCC2(CC1)C[C@@H](N)c1cc(F)ccc1O2. The van der Waals surface area contributed by atoms with Crippen molar-refractivity contribution in [2.24, 2.45) is 5.73 Å². The van der Waals surface area contributed by atoms with E-state index < -0.39 is 0 Å². The van der Waals surface area contributed by atoms with E-state index in [9.17, 15) is 4.39 Å². The molecule has 1 saturated carbocycles. The molecule has 1 aromatic rings. The van der Waals surface area contributed by atoms with Gasteiger partial charge in [-0.1, -0.05) is 0 Å². The molecule has 1 atom stereocenters. The molecule has 0 amide bonds. The quantitative estimate of drug-likeness (QED) is 0.849. The highest BCUT2D eigenvalue weighted by Gasteiger charge is 2.42. The number of halogens is 1. The lowest BCUT2D eigenvalue weighted by molar-refractivity contribution is -0.0428. The number of ether oxygens (including phenoxy) is 2. The summed E-state index contributed by atoms with van der Waals surface area (Å²) in [7, 11) is 1.76. The van der Waals surface area contributed by atoms with Crippen LogP contribution in [-0.4, -0.2) is 18.8 Å². The molecule has 3 rings (SSSR count). The summed E-state index contributed by atoms with van der Waals surface area (Å²) >= 11 is 0. The van der Waals surface area contributed by atoms with E-state index in [1.54, 1.807) is 13.2 Å². The third-order valence-electron chi connectivity index (χ3n) is 4.47. The monoisotopic (exact) mass is 265 g/mol. The summed E-state index contributed by atoms with van der Waals surface area (Å²) in [6, 6.07) is 4.49. The third kappa shape index (κ3) is 2.35. The Kier molecular flexibility index (Phi) is 3.23. The molecule has 2 aliphatic rings. The molecule has 104 valence electrons. The Hall–Kier alpha value is -1.13. The maximum atomic E-state index is 13.3. The molecule has 0 radical (unpaired) electrons. The molecular weight excluding hydrogens is 245 g/mol. The molecule has 1 spiro atoms.